The lowest BCUT2D eigenvalue weighted by atomic mass is 9.90. The van der Waals surface area contributed by atoms with Crippen LogP contribution in [-0.4, -0.2) is 29.3 Å². The number of urea groups is 1. The van der Waals surface area contributed by atoms with Crippen LogP contribution in [0.4, 0.5) is 4.79 Å². The van der Waals surface area contributed by atoms with E-state index in [1.165, 1.54) is 0 Å². The third kappa shape index (κ3) is 4.43. The minimum Gasteiger partial charge on any atom is -0.344 e. The first-order valence-corrected chi connectivity index (χ1v) is 12.0. The van der Waals surface area contributed by atoms with Gasteiger partial charge in [0.25, 0.3) is 5.91 Å². The SMILES string of the molecule is C[C@@]1(c2ccc3ccccc3c2)NC(=O)N(CC(=O)N[C@H](c2ccccc2)c2ccc(Cl)cc2)C1=O. The van der Waals surface area contributed by atoms with Crippen molar-refractivity contribution >= 4 is 40.2 Å². The Morgan fingerprint density at radius 1 is 0.889 bits per heavy atom. The molecule has 6 nitrogen and oxygen atoms in total. The molecule has 36 heavy (non-hydrogen) atoms. The molecule has 5 rings (SSSR count). The van der Waals surface area contributed by atoms with Crippen LogP contribution in [0, 0.1) is 0 Å². The summed E-state index contributed by atoms with van der Waals surface area (Å²) in [5.41, 5.74) is 1.09. The zero-order chi connectivity index (χ0) is 25.3. The predicted octanol–water partition coefficient (Wildman–Crippen LogP) is 5.17. The summed E-state index contributed by atoms with van der Waals surface area (Å²) >= 11 is 6.05. The molecule has 0 spiro atoms. The molecule has 1 fully saturated rings. The second kappa shape index (κ2) is 9.47. The smallest absolute Gasteiger partial charge is 0.325 e. The molecule has 2 N–H and O–H groups in total. The zero-order valence-corrected chi connectivity index (χ0v) is 20.3. The summed E-state index contributed by atoms with van der Waals surface area (Å²) in [5.74, 6) is -0.925. The third-order valence-electron chi connectivity index (χ3n) is 6.55. The molecule has 180 valence electrons. The van der Waals surface area contributed by atoms with E-state index in [0.29, 0.717) is 10.6 Å². The normalized spacial score (nSPS) is 18.2. The quantitative estimate of drug-likeness (QED) is 0.361. The fourth-order valence-electron chi connectivity index (χ4n) is 4.55. The van der Waals surface area contributed by atoms with E-state index >= 15 is 0 Å². The third-order valence-corrected chi connectivity index (χ3v) is 6.80. The molecular formula is C29H24ClN3O3. The van der Waals surface area contributed by atoms with Crippen LogP contribution in [-0.2, 0) is 15.1 Å². The van der Waals surface area contributed by atoms with Crippen molar-refractivity contribution in [2.75, 3.05) is 6.54 Å². The molecule has 4 aromatic carbocycles. The molecule has 7 heteroatoms. The lowest BCUT2D eigenvalue weighted by molar-refractivity contribution is -0.135. The summed E-state index contributed by atoms with van der Waals surface area (Å²) in [7, 11) is 0. The maximum Gasteiger partial charge on any atom is 0.325 e. The van der Waals surface area contributed by atoms with Gasteiger partial charge in [-0.25, -0.2) is 4.79 Å². The number of halogens is 1. The number of carbonyl (C=O) groups excluding carboxylic acids is 3. The van der Waals surface area contributed by atoms with Crippen LogP contribution in [0.1, 0.15) is 29.7 Å². The van der Waals surface area contributed by atoms with Gasteiger partial charge in [-0.15, -0.1) is 0 Å². The van der Waals surface area contributed by atoms with Gasteiger partial charge in [0, 0.05) is 5.02 Å². The van der Waals surface area contributed by atoms with E-state index in [1.54, 1.807) is 19.1 Å². The monoisotopic (exact) mass is 497 g/mol. The van der Waals surface area contributed by atoms with E-state index in [1.807, 2.05) is 84.9 Å². The standard InChI is InChI=1S/C29H24ClN3O3/c1-29(23-14-11-19-7-5-6-10-22(19)17-23)27(35)33(28(36)32-29)18-25(34)31-26(20-8-3-2-4-9-20)21-12-15-24(30)16-13-21/h2-17,26H,18H2,1H3,(H,31,34)(H,32,36)/t26-,29+/m1/s1. The van der Waals surface area contributed by atoms with Gasteiger partial charge in [-0.3, -0.25) is 14.5 Å². The molecule has 1 aliphatic heterocycles. The Kier molecular flexibility index (Phi) is 6.20. The van der Waals surface area contributed by atoms with Crippen molar-refractivity contribution in [3.8, 4) is 0 Å². The predicted molar refractivity (Wildman–Crippen MR) is 139 cm³/mol. The van der Waals surface area contributed by atoms with Gasteiger partial charge >= 0.3 is 6.03 Å². The second-order valence-corrected chi connectivity index (χ2v) is 9.41. The highest BCUT2D eigenvalue weighted by Gasteiger charge is 2.49. The van der Waals surface area contributed by atoms with Crippen LogP contribution in [0.25, 0.3) is 10.8 Å². The van der Waals surface area contributed by atoms with Crippen LogP contribution < -0.4 is 10.6 Å². The van der Waals surface area contributed by atoms with Gasteiger partial charge in [-0.2, -0.15) is 0 Å². The molecule has 0 unspecified atom stereocenters. The van der Waals surface area contributed by atoms with Gasteiger partial charge < -0.3 is 10.6 Å². The Bertz CT molecular complexity index is 1460. The molecule has 0 saturated carbocycles. The number of carbonyl (C=O) groups is 3. The summed E-state index contributed by atoms with van der Waals surface area (Å²) in [6.45, 7) is 1.26. The van der Waals surface area contributed by atoms with Crippen molar-refractivity contribution in [1.82, 2.24) is 15.5 Å². The number of nitrogens with one attached hydrogen (secondary N) is 2. The summed E-state index contributed by atoms with van der Waals surface area (Å²) in [6.07, 6.45) is 0. The highest BCUT2D eigenvalue weighted by atomic mass is 35.5. The fourth-order valence-corrected chi connectivity index (χ4v) is 4.67. The Balaban J connectivity index is 1.37. The van der Waals surface area contributed by atoms with Gasteiger partial charge in [0.2, 0.25) is 5.91 Å². The highest BCUT2D eigenvalue weighted by molar-refractivity contribution is 6.30. The molecule has 0 bridgehead atoms. The van der Waals surface area contributed by atoms with Gasteiger partial charge in [0.05, 0.1) is 6.04 Å². The maximum absolute atomic E-state index is 13.4. The molecule has 0 aromatic heterocycles. The van der Waals surface area contributed by atoms with E-state index in [0.717, 1.165) is 26.8 Å². The van der Waals surface area contributed by atoms with Gasteiger partial charge in [-0.1, -0.05) is 90.5 Å². The minimum atomic E-state index is -1.27. The van der Waals surface area contributed by atoms with E-state index in [2.05, 4.69) is 10.6 Å². The van der Waals surface area contributed by atoms with Crippen LogP contribution in [0.2, 0.25) is 5.02 Å². The lowest BCUT2D eigenvalue weighted by Gasteiger charge is -2.23. The molecular weight excluding hydrogens is 474 g/mol. The summed E-state index contributed by atoms with van der Waals surface area (Å²) in [5, 5.41) is 8.34. The van der Waals surface area contributed by atoms with Crippen molar-refractivity contribution in [3.63, 3.8) is 0 Å². The van der Waals surface area contributed by atoms with E-state index in [-0.39, 0.29) is 0 Å². The molecule has 0 aliphatic carbocycles. The van der Waals surface area contributed by atoms with Crippen molar-refractivity contribution in [2.45, 2.75) is 18.5 Å². The van der Waals surface area contributed by atoms with Crippen LogP contribution in [0.15, 0.2) is 97.1 Å². The number of hydrogen-bond acceptors (Lipinski definition) is 3. The number of imide groups is 1. The second-order valence-electron chi connectivity index (χ2n) is 8.97. The number of rotatable bonds is 6. The average Bonchev–Trinajstić information content (AvgIpc) is 3.12. The number of amides is 4. The number of hydrogen-bond donors (Lipinski definition) is 2. The number of nitrogens with zero attached hydrogens (tertiary/aromatic N) is 1. The summed E-state index contributed by atoms with van der Waals surface area (Å²) in [6, 6.07) is 29.0. The largest absolute Gasteiger partial charge is 0.344 e. The lowest BCUT2D eigenvalue weighted by Crippen LogP contribution is -2.44. The molecule has 2 atom stereocenters. The van der Waals surface area contributed by atoms with Crippen LogP contribution in [0.5, 0.6) is 0 Å². The van der Waals surface area contributed by atoms with Crippen molar-refractivity contribution in [2.24, 2.45) is 0 Å². The van der Waals surface area contributed by atoms with Gasteiger partial charge in [0.1, 0.15) is 12.1 Å². The van der Waals surface area contributed by atoms with Crippen molar-refractivity contribution in [3.05, 3.63) is 119 Å². The first-order chi connectivity index (χ1) is 17.3. The summed E-state index contributed by atoms with van der Waals surface area (Å²) < 4.78 is 0. The Labute approximate surface area is 213 Å². The molecule has 1 aliphatic rings. The maximum atomic E-state index is 13.4. The zero-order valence-electron chi connectivity index (χ0n) is 19.6. The fraction of sp³-hybridized carbons (Fsp3) is 0.138. The molecule has 1 heterocycles. The first kappa shape index (κ1) is 23.6. The summed E-state index contributed by atoms with van der Waals surface area (Å²) in [4.78, 5) is 40.3. The van der Waals surface area contributed by atoms with Gasteiger partial charge in [0.15, 0.2) is 0 Å². The Morgan fingerprint density at radius 3 is 2.25 bits per heavy atom. The van der Waals surface area contributed by atoms with Crippen molar-refractivity contribution in [1.29, 1.82) is 0 Å². The van der Waals surface area contributed by atoms with Gasteiger partial charge in [-0.05, 0) is 52.6 Å². The highest BCUT2D eigenvalue weighted by Crippen LogP contribution is 2.31. The Hall–Kier alpha value is -4.16. The van der Waals surface area contributed by atoms with Crippen LogP contribution >= 0.6 is 11.6 Å². The Morgan fingerprint density at radius 2 is 1.53 bits per heavy atom. The van der Waals surface area contributed by atoms with E-state index in [4.69, 9.17) is 11.6 Å². The first-order valence-electron chi connectivity index (χ1n) is 11.6. The number of fused-ring (bicyclic) bond motifs is 1. The van der Waals surface area contributed by atoms with E-state index < -0.39 is 36.0 Å². The number of benzene rings is 4. The topological polar surface area (TPSA) is 78.5 Å². The molecule has 4 aromatic rings. The molecule has 4 amide bonds. The van der Waals surface area contributed by atoms with Crippen molar-refractivity contribution < 1.29 is 14.4 Å². The molecule has 1 saturated heterocycles. The minimum absolute atomic E-state index is 0.398. The van der Waals surface area contributed by atoms with Crippen LogP contribution in [0.3, 0.4) is 0 Å². The molecule has 0 radical (unpaired) electrons. The average molecular weight is 498 g/mol. The van der Waals surface area contributed by atoms with E-state index in [9.17, 15) is 14.4 Å².